The number of aromatic nitrogens is 2. The molecule has 0 aromatic carbocycles. The average Bonchev–Trinajstić information content (AvgIpc) is 3.02. The lowest BCUT2D eigenvalue weighted by atomic mass is 10.1. The number of amides is 1. The van der Waals surface area contributed by atoms with Crippen LogP contribution in [0.1, 0.15) is 38.0 Å². The number of carbonyl (C=O) groups excluding carboxylic acids is 1. The summed E-state index contributed by atoms with van der Waals surface area (Å²) in [6.07, 6.45) is 9.54. The van der Waals surface area contributed by atoms with Gasteiger partial charge in [-0.3, -0.25) is 4.79 Å². The van der Waals surface area contributed by atoms with Crippen molar-refractivity contribution in [3.8, 4) is 0 Å². The van der Waals surface area contributed by atoms with Crippen LogP contribution in [0.25, 0.3) is 0 Å². The third-order valence-electron chi connectivity index (χ3n) is 3.41. The quantitative estimate of drug-likeness (QED) is 0.792. The highest BCUT2D eigenvalue weighted by molar-refractivity contribution is 7.99. The predicted molar refractivity (Wildman–Crippen MR) is 71.6 cm³/mol. The summed E-state index contributed by atoms with van der Waals surface area (Å²) in [5.74, 6) is 0.722. The Morgan fingerprint density at radius 1 is 1.42 bits per heavy atom. The fraction of sp³-hybridized carbons (Fsp3) is 0.615. The number of allylic oxidation sites excluding steroid dienone is 1. The van der Waals surface area contributed by atoms with Crippen LogP contribution in [-0.4, -0.2) is 32.8 Å². The molecule has 1 aromatic heterocycles. The molecule has 0 saturated carbocycles. The standard InChI is InChI=1S/C13H17N3O2S/c17-12-7-4-8-16(12)9-11-14-15-13(18-11)19-10-5-2-1-3-6-10/h2,5,10H,1,3-4,6-9H2. The molecule has 2 heterocycles. The number of likely N-dealkylation sites (tertiary alicyclic amines) is 1. The van der Waals surface area contributed by atoms with E-state index in [4.69, 9.17) is 4.42 Å². The van der Waals surface area contributed by atoms with Crippen molar-refractivity contribution >= 4 is 17.7 Å². The summed E-state index contributed by atoms with van der Waals surface area (Å²) in [7, 11) is 0. The molecule has 0 bridgehead atoms. The second-order valence-corrected chi connectivity index (χ2v) is 6.09. The van der Waals surface area contributed by atoms with E-state index in [0.29, 0.717) is 29.3 Å². The van der Waals surface area contributed by atoms with Crippen LogP contribution in [0.2, 0.25) is 0 Å². The van der Waals surface area contributed by atoms with E-state index >= 15 is 0 Å². The molecule has 3 rings (SSSR count). The molecular formula is C13H17N3O2S. The Bertz CT molecular complexity index is 486. The second-order valence-electron chi connectivity index (χ2n) is 4.90. The molecule has 1 saturated heterocycles. The first-order chi connectivity index (χ1) is 9.31. The summed E-state index contributed by atoms with van der Waals surface area (Å²) in [6, 6.07) is 0. The maximum Gasteiger partial charge on any atom is 0.277 e. The zero-order valence-corrected chi connectivity index (χ0v) is 11.6. The van der Waals surface area contributed by atoms with Crippen LogP contribution in [0.3, 0.4) is 0 Å². The summed E-state index contributed by atoms with van der Waals surface area (Å²) in [5, 5.41) is 9.13. The van der Waals surface area contributed by atoms with Crippen molar-refractivity contribution < 1.29 is 9.21 Å². The van der Waals surface area contributed by atoms with Crippen LogP contribution < -0.4 is 0 Å². The summed E-state index contributed by atoms with van der Waals surface area (Å²) in [5.41, 5.74) is 0. The Labute approximate surface area is 116 Å². The van der Waals surface area contributed by atoms with E-state index in [2.05, 4.69) is 22.3 Å². The van der Waals surface area contributed by atoms with Crippen molar-refractivity contribution in [3.63, 3.8) is 0 Å². The van der Waals surface area contributed by atoms with Crippen molar-refractivity contribution in [2.24, 2.45) is 0 Å². The van der Waals surface area contributed by atoms with Gasteiger partial charge in [0.05, 0.1) is 6.54 Å². The first-order valence-corrected chi connectivity index (χ1v) is 7.63. The molecule has 5 nitrogen and oxygen atoms in total. The minimum atomic E-state index is 0.183. The Morgan fingerprint density at radius 2 is 2.37 bits per heavy atom. The van der Waals surface area contributed by atoms with E-state index in [1.807, 2.05) is 0 Å². The van der Waals surface area contributed by atoms with Crippen LogP contribution in [0.15, 0.2) is 21.8 Å². The van der Waals surface area contributed by atoms with Gasteiger partial charge in [0, 0.05) is 18.2 Å². The SMILES string of the molecule is O=C1CCCN1Cc1nnc(SC2C=CCCC2)o1. The van der Waals surface area contributed by atoms with Gasteiger partial charge >= 0.3 is 0 Å². The lowest BCUT2D eigenvalue weighted by Crippen LogP contribution is -2.23. The molecular weight excluding hydrogens is 262 g/mol. The molecule has 102 valence electrons. The molecule has 0 spiro atoms. The monoisotopic (exact) mass is 279 g/mol. The maximum atomic E-state index is 11.5. The van der Waals surface area contributed by atoms with Gasteiger partial charge in [-0.15, -0.1) is 10.2 Å². The van der Waals surface area contributed by atoms with E-state index in [1.165, 1.54) is 12.8 Å². The van der Waals surface area contributed by atoms with Gasteiger partial charge < -0.3 is 9.32 Å². The normalized spacial score (nSPS) is 23.3. The van der Waals surface area contributed by atoms with E-state index in [1.54, 1.807) is 16.7 Å². The molecule has 1 aliphatic carbocycles. The molecule has 0 N–H and O–H groups in total. The van der Waals surface area contributed by atoms with E-state index in [-0.39, 0.29) is 5.91 Å². The number of hydrogen-bond donors (Lipinski definition) is 0. The second kappa shape index (κ2) is 5.77. The summed E-state index contributed by atoms with van der Waals surface area (Å²) in [4.78, 5) is 13.3. The Morgan fingerprint density at radius 3 is 3.11 bits per heavy atom. The van der Waals surface area contributed by atoms with Gasteiger partial charge in [-0.2, -0.15) is 0 Å². The molecule has 2 aliphatic rings. The fourth-order valence-electron chi connectivity index (χ4n) is 2.39. The molecule has 1 aromatic rings. The summed E-state index contributed by atoms with van der Waals surface area (Å²) < 4.78 is 5.61. The number of rotatable bonds is 4. The first kappa shape index (κ1) is 12.7. The lowest BCUT2D eigenvalue weighted by Gasteiger charge is -2.13. The third-order valence-corrected chi connectivity index (χ3v) is 4.47. The molecule has 19 heavy (non-hydrogen) atoms. The lowest BCUT2D eigenvalue weighted by molar-refractivity contribution is -0.128. The van der Waals surface area contributed by atoms with Crippen molar-refractivity contribution in [2.75, 3.05) is 6.54 Å². The molecule has 1 aliphatic heterocycles. The molecule has 1 amide bonds. The van der Waals surface area contributed by atoms with Crippen molar-refractivity contribution in [1.82, 2.24) is 15.1 Å². The van der Waals surface area contributed by atoms with Crippen molar-refractivity contribution in [2.45, 2.75) is 49.1 Å². The van der Waals surface area contributed by atoms with Crippen molar-refractivity contribution in [3.05, 3.63) is 18.0 Å². The number of carbonyl (C=O) groups is 1. The maximum absolute atomic E-state index is 11.5. The summed E-state index contributed by atoms with van der Waals surface area (Å²) >= 11 is 1.61. The average molecular weight is 279 g/mol. The van der Waals surface area contributed by atoms with Gasteiger partial charge in [0.1, 0.15) is 0 Å². The highest BCUT2D eigenvalue weighted by Gasteiger charge is 2.23. The van der Waals surface area contributed by atoms with Gasteiger partial charge in [-0.1, -0.05) is 23.9 Å². The van der Waals surface area contributed by atoms with E-state index in [0.717, 1.165) is 19.4 Å². The van der Waals surface area contributed by atoms with Gasteiger partial charge in [0.2, 0.25) is 11.8 Å². The van der Waals surface area contributed by atoms with Crippen LogP contribution in [0.5, 0.6) is 0 Å². The Hall–Kier alpha value is -1.30. The molecule has 1 unspecified atom stereocenters. The van der Waals surface area contributed by atoms with E-state index < -0.39 is 0 Å². The minimum Gasteiger partial charge on any atom is -0.414 e. The van der Waals surface area contributed by atoms with E-state index in [9.17, 15) is 4.79 Å². The van der Waals surface area contributed by atoms with Gasteiger partial charge in [-0.05, 0) is 25.7 Å². The zero-order chi connectivity index (χ0) is 13.1. The van der Waals surface area contributed by atoms with Crippen LogP contribution in [-0.2, 0) is 11.3 Å². The largest absolute Gasteiger partial charge is 0.414 e. The van der Waals surface area contributed by atoms with Crippen LogP contribution >= 0.6 is 11.8 Å². The summed E-state index contributed by atoms with van der Waals surface area (Å²) in [6.45, 7) is 1.25. The highest BCUT2D eigenvalue weighted by Crippen LogP contribution is 2.29. The van der Waals surface area contributed by atoms with Gasteiger partial charge in [0.15, 0.2) is 0 Å². The molecule has 6 heteroatoms. The van der Waals surface area contributed by atoms with Gasteiger partial charge in [0.25, 0.3) is 5.22 Å². The first-order valence-electron chi connectivity index (χ1n) is 6.75. The highest BCUT2D eigenvalue weighted by atomic mass is 32.2. The molecule has 1 fully saturated rings. The van der Waals surface area contributed by atoms with Gasteiger partial charge in [-0.25, -0.2) is 0 Å². The fourth-order valence-corrected chi connectivity index (χ4v) is 3.36. The predicted octanol–water partition coefficient (Wildman–Crippen LogP) is 2.39. The Kier molecular flexibility index (Phi) is 3.87. The molecule has 1 atom stereocenters. The minimum absolute atomic E-state index is 0.183. The smallest absolute Gasteiger partial charge is 0.277 e. The topological polar surface area (TPSA) is 59.2 Å². The number of hydrogen-bond acceptors (Lipinski definition) is 5. The molecule has 0 radical (unpaired) electrons. The van der Waals surface area contributed by atoms with Crippen LogP contribution in [0, 0.1) is 0 Å². The third kappa shape index (κ3) is 3.18. The van der Waals surface area contributed by atoms with Crippen molar-refractivity contribution in [1.29, 1.82) is 0 Å². The van der Waals surface area contributed by atoms with Crippen LogP contribution in [0.4, 0.5) is 0 Å². The Balaban J connectivity index is 1.58. The number of nitrogens with zero attached hydrogens (tertiary/aromatic N) is 3. The number of thioether (sulfide) groups is 1. The zero-order valence-electron chi connectivity index (χ0n) is 10.7.